The molecule has 1 aliphatic rings. The van der Waals surface area contributed by atoms with Gasteiger partial charge in [0, 0.05) is 5.92 Å². The molecule has 1 amide bonds. The van der Waals surface area contributed by atoms with Crippen LogP contribution in [0.5, 0.6) is 6.01 Å². The molecule has 2 unspecified atom stereocenters. The number of alkyl halides is 3. The van der Waals surface area contributed by atoms with Crippen LogP contribution in [-0.4, -0.2) is 33.9 Å². The first-order valence-corrected chi connectivity index (χ1v) is 6.84. The van der Waals surface area contributed by atoms with Gasteiger partial charge in [-0.2, -0.15) is 18.2 Å². The van der Waals surface area contributed by atoms with Gasteiger partial charge in [-0.15, -0.1) is 5.10 Å². The topological polar surface area (TPSA) is 79.9 Å². The number of aromatic nitrogens is 3. The van der Waals surface area contributed by atoms with Crippen LogP contribution in [0.15, 0.2) is 0 Å². The van der Waals surface area contributed by atoms with Crippen molar-refractivity contribution in [3.8, 4) is 6.01 Å². The summed E-state index contributed by atoms with van der Waals surface area (Å²) in [7, 11) is 0. The van der Waals surface area contributed by atoms with Crippen molar-refractivity contribution in [2.75, 3.05) is 11.9 Å². The second-order valence-electron chi connectivity index (χ2n) is 4.93. The number of aromatic amines is 1. The van der Waals surface area contributed by atoms with Gasteiger partial charge < -0.3 is 4.74 Å². The molecule has 1 saturated carbocycles. The molecule has 118 valence electrons. The molecule has 0 aromatic carbocycles. The fourth-order valence-corrected chi connectivity index (χ4v) is 2.54. The van der Waals surface area contributed by atoms with E-state index in [9.17, 15) is 18.0 Å². The van der Waals surface area contributed by atoms with E-state index in [2.05, 4.69) is 20.5 Å². The Morgan fingerprint density at radius 3 is 2.81 bits per heavy atom. The molecule has 0 radical (unpaired) electrons. The summed E-state index contributed by atoms with van der Waals surface area (Å²) in [6, 6.07) is 0.0452. The molecule has 0 spiro atoms. The summed E-state index contributed by atoms with van der Waals surface area (Å²) in [5, 5.41) is 8.44. The first kappa shape index (κ1) is 15.6. The largest absolute Gasteiger partial charge is 0.463 e. The molecule has 1 aromatic heterocycles. The van der Waals surface area contributed by atoms with Gasteiger partial charge in [0.25, 0.3) is 0 Å². The van der Waals surface area contributed by atoms with Crippen molar-refractivity contribution in [2.45, 2.75) is 38.8 Å². The maximum atomic E-state index is 13.0. The van der Waals surface area contributed by atoms with E-state index in [1.807, 2.05) is 0 Å². The predicted octanol–water partition coefficient (Wildman–Crippen LogP) is 2.51. The van der Waals surface area contributed by atoms with Crippen LogP contribution in [0.25, 0.3) is 0 Å². The number of hydrogen-bond acceptors (Lipinski definition) is 4. The van der Waals surface area contributed by atoms with Crippen LogP contribution in [0.3, 0.4) is 0 Å². The van der Waals surface area contributed by atoms with E-state index >= 15 is 0 Å². The number of hydrogen-bond donors (Lipinski definition) is 2. The van der Waals surface area contributed by atoms with Crippen molar-refractivity contribution in [3.63, 3.8) is 0 Å². The third kappa shape index (κ3) is 3.85. The number of H-pyrrole nitrogens is 1. The predicted molar refractivity (Wildman–Crippen MR) is 67.7 cm³/mol. The summed E-state index contributed by atoms with van der Waals surface area (Å²) in [5.74, 6) is -3.37. The number of rotatable bonds is 4. The van der Waals surface area contributed by atoms with E-state index in [1.165, 1.54) is 0 Å². The van der Waals surface area contributed by atoms with Gasteiger partial charge in [0.1, 0.15) is 0 Å². The summed E-state index contributed by atoms with van der Waals surface area (Å²) < 4.78 is 43.9. The van der Waals surface area contributed by atoms with Crippen molar-refractivity contribution < 1.29 is 22.7 Å². The number of carbonyl (C=O) groups excluding carboxylic acids is 1. The van der Waals surface area contributed by atoms with Gasteiger partial charge >= 0.3 is 12.2 Å². The average molecular weight is 306 g/mol. The van der Waals surface area contributed by atoms with Crippen molar-refractivity contribution in [1.82, 2.24) is 15.2 Å². The molecule has 2 atom stereocenters. The number of amides is 1. The van der Waals surface area contributed by atoms with Gasteiger partial charge in [-0.25, -0.2) is 5.10 Å². The third-order valence-electron chi connectivity index (χ3n) is 3.50. The molecular formula is C12H17F3N4O2. The van der Waals surface area contributed by atoms with E-state index in [-0.39, 0.29) is 24.8 Å². The third-order valence-corrected chi connectivity index (χ3v) is 3.50. The van der Waals surface area contributed by atoms with Crippen molar-refractivity contribution in [3.05, 3.63) is 0 Å². The molecule has 1 aliphatic carbocycles. The Morgan fingerprint density at radius 2 is 2.14 bits per heavy atom. The molecule has 1 heterocycles. The van der Waals surface area contributed by atoms with E-state index in [0.29, 0.717) is 19.4 Å². The molecule has 2 N–H and O–H groups in total. The van der Waals surface area contributed by atoms with Crippen LogP contribution in [0.1, 0.15) is 32.6 Å². The van der Waals surface area contributed by atoms with Crippen molar-refractivity contribution >= 4 is 11.9 Å². The zero-order valence-electron chi connectivity index (χ0n) is 11.5. The van der Waals surface area contributed by atoms with Crippen LogP contribution in [0.2, 0.25) is 0 Å². The molecule has 9 heteroatoms. The van der Waals surface area contributed by atoms with Crippen LogP contribution < -0.4 is 10.1 Å². The molecule has 0 saturated heterocycles. The lowest BCUT2D eigenvalue weighted by Gasteiger charge is -2.31. The number of halogens is 3. The minimum absolute atomic E-state index is 0.00468. The minimum Gasteiger partial charge on any atom is -0.463 e. The number of nitrogens with one attached hydrogen (secondary N) is 2. The number of carbonyl (C=O) groups is 1. The van der Waals surface area contributed by atoms with Crippen molar-refractivity contribution in [1.29, 1.82) is 0 Å². The van der Waals surface area contributed by atoms with E-state index in [4.69, 9.17) is 4.74 Å². The van der Waals surface area contributed by atoms with E-state index in [0.717, 1.165) is 0 Å². The van der Waals surface area contributed by atoms with Crippen molar-refractivity contribution in [2.24, 2.45) is 11.8 Å². The fourth-order valence-electron chi connectivity index (χ4n) is 2.54. The highest BCUT2D eigenvalue weighted by Crippen LogP contribution is 2.41. The SMILES string of the molecule is CCOc1n[nH]c(NC(=O)C2CCCCC2C(F)(F)F)n1. The Hall–Kier alpha value is -1.80. The highest BCUT2D eigenvalue weighted by atomic mass is 19.4. The second kappa shape index (κ2) is 6.31. The molecule has 0 aliphatic heterocycles. The van der Waals surface area contributed by atoms with Crippen LogP contribution >= 0.6 is 0 Å². The second-order valence-corrected chi connectivity index (χ2v) is 4.93. The molecule has 0 bridgehead atoms. The average Bonchev–Trinajstić information content (AvgIpc) is 2.85. The lowest BCUT2D eigenvalue weighted by molar-refractivity contribution is -0.197. The lowest BCUT2D eigenvalue weighted by atomic mass is 9.78. The molecule has 21 heavy (non-hydrogen) atoms. The zero-order valence-corrected chi connectivity index (χ0v) is 11.5. The Kier molecular flexibility index (Phi) is 4.69. The fraction of sp³-hybridized carbons (Fsp3) is 0.750. The molecule has 1 fully saturated rings. The standard InChI is InChI=1S/C12H17F3N4O2/c1-2-21-11-17-10(18-19-11)16-9(20)7-5-3-4-6-8(7)12(13,14)15/h7-8H,2-6H2,1H3,(H2,16,17,18,19,20). The Morgan fingerprint density at radius 1 is 1.43 bits per heavy atom. The van der Waals surface area contributed by atoms with Gasteiger partial charge in [-0.3, -0.25) is 10.1 Å². The number of nitrogens with zero attached hydrogens (tertiary/aromatic N) is 2. The van der Waals surface area contributed by atoms with Gasteiger partial charge in [-0.05, 0) is 19.8 Å². The molecule has 6 nitrogen and oxygen atoms in total. The normalized spacial score (nSPS) is 22.9. The molecular weight excluding hydrogens is 289 g/mol. The van der Waals surface area contributed by atoms with Gasteiger partial charge in [0.15, 0.2) is 0 Å². The van der Waals surface area contributed by atoms with E-state index < -0.39 is 23.9 Å². The molecule has 1 aromatic rings. The maximum absolute atomic E-state index is 13.0. The Labute approximate surface area is 119 Å². The van der Waals surface area contributed by atoms with Gasteiger partial charge in [0.05, 0.1) is 12.5 Å². The van der Waals surface area contributed by atoms with Crippen LogP contribution in [-0.2, 0) is 4.79 Å². The van der Waals surface area contributed by atoms with E-state index in [1.54, 1.807) is 6.92 Å². The summed E-state index contributed by atoms with van der Waals surface area (Å²) in [6.07, 6.45) is -3.04. The van der Waals surface area contributed by atoms with Gasteiger partial charge in [0.2, 0.25) is 11.9 Å². The Bertz CT molecular complexity index is 489. The Balaban J connectivity index is 2.03. The highest BCUT2D eigenvalue weighted by molar-refractivity contribution is 5.91. The first-order chi connectivity index (χ1) is 9.91. The smallest absolute Gasteiger partial charge is 0.392 e. The summed E-state index contributed by atoms with van der Waals surface area (Å²) >= 11 is 0. The number of ether oxygens (including phenoxy) is 1. The first-order valence-electron chi connectivity index (χ1n) is 6.84. The highest BCUT2D eigenvalue weighted by Gasteiger charge is 2.48. The number of anilines is 1. The minimum atomic E-state index is -4.36. The zero-order chi connectivity index (χ0) is 15.5. The van der Waals surface area contributed by atoms with Crippen LogP contribution in [0, 0.1) is 11.8 Å². The maximum Gasteiger partial charge on any atom is 0.392 e. The molecule has 2 rings (SSSR count). The summed E-state index contributed by atoms with van der Waals surface area (Å²) in [5.41, 5.74) is 0. The summed E-state index contributed by atoms with van der Waals surface area (Å²) in [6.45, 7) is 2.09. The van der Waals surface area contributed by atoms with Crippen LogP contribution in [0.4, 0.5) is 19.1 Å². The van der Waals surface area contributed by atoms with Gasteiger partial charge in [-0.1, -0.05) is 12.8 Å². The lowest BCUT2D eigenvalue weighted by Crippen LogP contribution is -2.39. The summed E-state index contributed by atoms with van der Waals surface area (Å²) in [4.78, 5) is 15.9. The quantitative estimate of drug-likeness (QED) is 0.895. The monoisotopic (exact) mass is 306 g/mol.